The zero-order valence-electron chi connectivity index (χ0n) is 6.51. The molecule has 0 unspecified atom stereocenters. The summed E-state index contributed by atoms with van der Waals surface area (Å²) in [6, 6.07) is 4.17. The molecule has 0 aliphatic carbocycles. The van der Waals surface area contributed by atoms with Crippen LogP contribution in [0.4, 0.5) is 0 Å². The van der Waals surface area contributed by atoms with Gasteiger partial charge in [0.2, 0.25) is 0 Å². The van der Waals surface area contributed by atoms with E-state index in [-0.39, 0.29) is 11.2 Å². The van der Waals surface area contributed by atoms with Crippen molar-refractivity contribution >= 4 is 31.9 Å². The van der Waals surface area contributed by atoms with Crippen LogP contribution in [0.1, 0.15) is 0 Å². The molecule has 0 aromatic heterocycles. The molecular weight excluding hydrogens is 193 g/mol. The number of benzene rings is 1. The summed E-state index contributed by atoms with van der Waals surface area (Å²) in [5, 5.41) is 26.2. The number of hydrogen-bond acceptors (Lipinski definition) is 4. The molecule has 1 aromatic carbocycles. The molecule has 1 rings (SSSR count). The highest BCUT2D eigenvalue weighted by molar-refractivity contribution is 6.59. The van der Waals surface area contributed by atoms with Crippen molar-refractivity contribution in [2.75, 3.05) is 0 Å². The lowest BCUT2D eigenvalue weighted by molar-refractivity contribution is 0.424. The van der Waals surface area contributed by atoms with E-state index in [1.165, 1.54) is 18.2 Å². The van der Waals surface area contributed by atoms with Crippen molar-refractivity contribution in [2.45, 2.75) is 0 Å². The average molecular weight is 199 g/mol. The summed E-state index contributed by atoms with van der Waals surface area (Å²) < 4.78 is 4.60. The molecular formula is C6H6B2ClO4. The minimum Gasteiger partial charge on any atom is -0.537 e. The van der Waals surface area contributed by atoms with Gasteiger partial charge in [0.05, 0.1) is 0 Å². The molecule has 0 fully saturated rings. The third kappa shape index (κ3) is 2.93. The van der Waals surface area contributed by atoms with E-state index in [9.17, 15) is 0 Å². The molecule has 7 heteroatoms. The Morgan fingerprint density at radius 2 is 2.00 bits per heavy atom. The lowest BCUT2D eigenvalue weighted by Gasteiger charge is -2.05. The van der Waals surface area contributed by atoms with Crippen LogP contribution in [0.2, 0.25) is 5.02 Å². The fourth-order valence-corrected chi connectivity index (χ4v) is 1.10. The van der Waals surface area contributed by atoms with E-state index in [0.717, 1.165) is 0 Å². The second-order valence-electron chi connectivity index (χ2n) is 2.32. The maximum absolute atomic E-state index is 8.81. The van der Waals surface area contributed by atoms with Crippen LogP contribution in [-0.2, 0) is 0 Å². The molecule has 0 aliphatic rings. The first-order chi connectivity index (χ1) is 6.13. The third-order valence-corrected chi connectivity index (χ3v) is 1.60. The van der Waals surface area contributed by atoms with Gasteiger partial charge in [0.15, 0.2) is 0 Å². The molecule has 0 bridgehead atoms. The van der Waals surface area contributed by atoms with E-state index in [1.807, 2.05) is 0 Å². The molecule has 4 nitrogen and oxygen atoms in total. The number of hydrogen-bond donors (Lipinski definition) is 3. The van der Waals surface area contributed by atoms with Crippen molar-refractivity contribution in [1.29, 1.82) is 0 Å². The Kier molecular flexibility index (Phi) is 3.62. The molecule has 0 aliphatic heterocycles. The summed E-state index contributed by atoms with van der Waals surface area (Å²) in [7, 11) is -1.13. The van der Waals surface area contributed by atoms with E-state index < -0.39 is 7.12 Å². The highest BCUT2D eigenvalue weighted by Gasteiger charge is 2.12. The summed E-state index contributed by atoms with van der Waals surface area (Å²) >= 11 is 5.63. The van der Waals surface area contributed by atoms with Gasteiger partial charge in [-0.05, 0) is 23.7 Å². The maximum Gasteiger partial charge on any atom is 0.569 e. The topological polar surface area (TPSA) is 69.9 Å². The van der Waals surface area contributed by atoms with E-state index in [0.29, 0.717) is 12.7 Å². The lowest BCUT2D eigenvalue weighted by Crippen LogP contribution is -2.29. The van der Waals surface area contributed by atoms with Gasteiger partial charge in [-0.2, -0.15) is 0 Å². The first-order valence-electron chi connectivity index (χ1n) is 3.42. The molecule has 1 radical (unpaired) electrons. The third-order valence-electron chi connectivity index (χ3n) is 1.38. The fourth-order valence-electron chi connectivity index (χ4n) is 0.862. The highest BCUT2D eigenvalue weighted by atomic mass is 35.5. The predicted molar refractivity (Wildman–Crippen MR) is 49.9 cm³/mol. The second-order valence-corrected chi connectivity index (χ2v) is 2.75. The highest BCUT2D eigenvalue weighted by Crippen LogP contribution is 2.15. The van der Waals surface area contributed by atoms with Gasteiger partial charge < -0.3 is 19.7 Å². The van der Waals surface area contributed by atoms with E-state index in [1.54, 1.807) is 0 Å². The minimum absolute atomic E-state index is 0.198. The van der Waals surface area contributed by atoms with Crippen LogP contribution in [0.5, 0.6) is 5.75 Å². The molecule has 0 heterocycles. The molecule has 3 N–H and O–H groups in total. The van der Waals surface area contributed by atoms with E-state index in [4.69, 9.17) is 26.7 Å². The Labute approximate surface area is 81.2 Å². The zero-order valence-corrected chi connectivity index (χ0v) is 7.27. The molecule has 13 heavy (non-hydrogen) atoms. The Bertz CT molecular complexity index is 294. The SMILES string of the molecule is O[B]Oc1cc(Cl)cc(B(O)O)c1. The lowest BCUT2D eigenvalue weighted by atomic mass is 9.80. The molecule has 1 aromatic rings. The van der Waals surface area contributed by atoms with Crippen molar-refractivity contribution in [3.05, 3.63) is 23.2 Å². The Morgan fingerprint density at radius 1 is 1.31 bits per heavy atom. The summed E-state index contributed by atoms with van der Waals surface area (Å²) in [5.74, 6) is 0.234. The van der Waals surface area contributed by atoms with Crippen LogP contribution in [0.3, 0.4) is 0 Å². The molecule has 0 spiro atoms. The first-order valence-corrected chi connectivity index (χ1v) is 3.80. The standard InChI is InChI=1S/C6H6B2ClO4/c9-5-1-4(8(11)12)2-6(3-5)13-7-10/h1-3,10-12H. The van der Waals surface area contributed by atoms with E-state index >= 15 is 0 Å². The minimum atomic E-state index is -1.61. The molecule has 0 atom stereocenters. The van der Waals surface area contributed by atoms with E-state index in [2.05, 4.69) is 4.65 Å². The molecule has 0 saturated carbocycles. The van der Waals surface area contributed by atoms with Crippen LogP contribution >= 0.6 is 11.6 Å². The van der Waals surface area contributed by atoms with Gasteiger partial charge in [0, 0.05) is 5.02 Å². The van der Waals surface area contributed by atoms with Gasteiger partial charge in [0.1, 0.15) is 5.75 Å². The van der Waals surface area contributed by atoms with Gasteiger partial charge in [0.25, 0.3) is 0 Å². The Hall–Kier alpha value is -0.680. The van der Waals surface area contributed by atoms with Gasteiger partial charge in [-0.3, -0.25) is 0 Å². The second kappa shape index (κ2) is 4.53. The van der Waals surface area contributed by atoms with Crippen molar-refractivity contribution < 1.29 is 19.7 Å². The Balaban J connectivity index is 2.96. The van der Waals surface area contributed by atoms with Gasteiger partial charge in [-0.15, -0.1) is 0 Å². The molecule has 0 amide bonds. The summed E-state index contributed by atoms with van der Waals surface area (Å²) in [6.45, 7) is 0. The maximum atomic E-state index is 8.81. The zero-order chi connectivity index (χ0) is 9.84. The quantitative estimate of drug-likeness (QED) is 0.542. The van der Waals surface area contributed by atoms with Crippen LogP contribution < -0.4 is 10.1 Å². The van der Waals surface area contributed by atoms with Crippen molar-refractivity contribution in [1.82, 2.24) is 0 Å². The fraction of sp³-hybridized carbons (Fsp3) is 0. The van der Waals surface area contributed by atoms with Crippen molar-refractivity contribution in [2.24, 2.45) is 0 Å². The predicted octanol–water partition coefficient (Wildman–Crippen LogP) is -1.07. The van der Waals surface area contributed by atoms with Gasteiger partial charge in [-0.25, -0.2) is 0 Å². The van der Waals surface area contributed by atoms with Crippen LogP contribution in [0.25, 0.3) is 0 Å². The van der Waals surface area contributed by atoms with Crippen LogP contribution in [0, 0.1) is 0 Å². The largest absolute Gasteiger partial charge is 0.569 e. The van der Waals surface area contributed by atoms with Crippen LogP contribution in [-0.4, -0.2) is 29.9 Å². The normalized spacial score (nSPS) is 9.54. The number of rotatable bonds is 3. The van der Waals surface area contributed by atoms with Gasteiger partial charge >= 0.3 is 14.8 Å². The smallest absolute Gasteiger partial charge is 0.537 e. The monoisotopic (exact) mass is 199 g/mol. The average Bonchev–Trinajstić information content (AvgIpc) is 2.03. The summed E-state index contributed by atoms with van der Waals surface area (Å²) in [6.07, 6.45) is 0. The molecule has 67 valence electrons. The van der Waals surface area contributed by atoms with Crippen LogP contribution in [0.15, 0.2) is 18.2 Å². The first kappa shape index (κ1) is 10.4. The summed E-state index contributed by atoms with van der Waals surface area (Å²) in [4.78, 5) is 0. The van der Waals surface area contributed by atoms with Crippen molar-refractivity contribution in [3.63, 3.8) is 0 Å². The molecule has 0 saturated heterocycles. The Morgan fingerprint density at radius 3 is 2.54 bits per heavy atom. The number of halogens is 1. The van der Waals surface area contributed by atoms with Crippen molar-refractivity contribution in [3.8, 4) is 5.75 Å². The summed E-state index contributed by atoms with van der Waals surface area (Å²) in [5.41, 5.74) is 0.198. The van der Waals surface area contributed by atoms with Gasteiger partial charge in [-0.1, -0.05) is 11.6 Å².